The summed E-state index contributed by atoms with van der Waals surface area (Å²) in [5.41, 5.74) is 6.98. The average molecular weight is 549 g/mol. The van der Waals surface area contributed by atoms with Crippen LogP contribution in [0.15, 0.2) is 99.9 Å². The molecule has 1 heterocycles. The van der Waals surface area contributed by atoms with Gasteiger partial charge in [0.25, 0.3) is 0 Å². The molecule has 0 bridgehead atoms. The first-order valence-corrected chi connectivity index (χ1v) is 12.6. The van der Waals surface area contributed by atoms with Crippen LogP contribution in [0.2, 0.25) is 5.02 Å². The summed E-state index contributed by atoms with van der Waals surface area (Å²) in [7, 11) is 0. The number of benzene rings is 4. The minimum absolute atomic E-state index is 0.437. The summed E-state index contributed by atoms with van der Waals surface area (Å²) in [4.78, 5) is 4.65. The van der Waals surface area contributed by atoms with E-state index in [1.165, 1.54) is 11.3 Å². The quantitative estimate of drug-likeness (QED) is 0.164. The molecule has 7 heteroatoms. The Bertz CT molecular complexity index is 1450. The van der Waals surface area contributed by atoms with Gasteiger partial charge in [-0.15, -0.1) is 11.3 Å². The maximum Gasteiger partial charge on any atom is 0.203 e. The molecule has 0 aliphatic rings. The van der Waals surface area contributed by atoms with E-state index >= 15 is 0 Å². The normalized spacial score (nSPS) is 11.2. The fourth-order valence-corrected chi connectivity index (χ4v) is 4.57. The monoisotopic (exact) mass is 547 g/mol. The Morgan fingerprint density at radius 1 is 0.971 bits per heavy atom. The van der Waals surface area contributed by atoms with Crippen molar-refractivity contribution in [1.29, 1.82) is 0 Å². The van der Waals surface area contributed by atoms with Gasteiger partial charge in [-0.25, -0.2) is 4.98 Å². The van der Waals surface area contributed by atoms with Crippen LogP contribution in [-0.2, 0) is 6.61 Å². The first kappa shape index (κ1) is 22.6. The highest BCUT2D eigenvalue weighted by molar-refractivity contribution is 9.10. The van der Waals surface area contributed by atoms with Crippen LogP contribution < -0.4 is 10.2 Å². The summed E-state index contributed by atoms with van der Waals surface area (Å²) in [5.74, 6) is 0.758. The van der Waals surface area contributed by atoms with Gasteiger partial charge in [-0.3, -0.25) is 5.43 Å². The molecule has 0 amide bonds. The molecule has 4 aromatic carbocycles. The molecule has 1 N–H and O–H groups in total. The topological polar surface area (TPSA) is 46.5 Å². The van der Waals surface area contributed by atoms with Crippen LogP contribution in [0, 0.1) is 0 Å². The van der Waals surface area contributed by atoms with Crippen molar-refractivity contribution in [1.82, 2.24) is 4.98 Å². The van der Waals surface area contributed by atoms with E-state index in [2.05, 4.69) is 49.6 Å². The maximum absolute atomic E-state index is 6.17. The van der Waals surface area contributed by atoms with Gasteiger partial charge in [-0.1, -0.05) is 82.1 Å². The van der Waals surface area contributed by atoms with Crippen molar-refractivity contribution in [3.8, 4) is 17.0 Å². The first-order valence-electron chi connectivity index (χ1n) is 10.6. The van der Waals surface area contributed by atoms with Crippen LogP contribution in [0.4, 0.5) is 5.13 Å². The molecule has 5 rings (SSSR count). The predicted octanol–water partition coefficient (Wildman–Crippen LogP) is 8.40. The van der Waals surface area contributed by atoms with Gasteiger partial charge in [0.05, 0.1) is 11.9 Å². The van der Waals surface area contributed by atoms with Crippen molar-refractivity contribution in [2.24, 2.45) is 5.10 Å². The second kappa shape index (κ2) is 10.4. The molecule has 0 aliphatic heterocycles. The summed E-state index contributed by atoms with van der Waals surface area (Å²) in [6.45, 7) is 0.437. The Labute approximate surface area is 215 Å². The minimum Gasteiger partial charge on any atom is -0.488 e. The van der Waals surface area contributed by atoms with Gasteiger partial charge >= 0.3 is 0 Å². The first-order chi connectivity index (χ1) is 16.7. The third-order valence-corrected chi connectivity index (χ3v) is 6.76. The highest BCUT2D eigenvalue weighted by Crippen LogP contribution is 2.29. The molecule has 5 aromatic rings. The molecule has 0 aliphatic carbocycles. The molecule has 0 fully saturated rings. The fourth-order valence-electron chi connectivity index (χ4n) is 3.51. The van der Waals surface area contributed by atoms with Gasteiger partial charge in [0.15, 0.2) is 0 Å². The largest absolute Gasteiger partial charge is 0.488 e. The van der Waals surface area contributed by atoms with E-state index in [1.807, 2.05) is 72.1 Å². The van der Waals surface area contributed by atoms with E-state index in [-0.39, 0.29) is 0 Å². The van der Waals surface area contributed by atoms with Crippen LogP contribution in [0.5, 0.6) is 5.75 Å². The maximum atomic E-state index is 6.17. The zero-order valence-electron chi connectivity index (χ0n) is 17.9. The van der Waals surface area contributed by atoms with E-state index in [0.717, 1.165) is 48.5 Å². The second-order valence-electron chi connectivity index (χ2n) is 7.53. The Kier molecular flexibility index (Phi) is 6.90. The lowest BCUT2D eigenvalue weighted by molar-refractivity contribution is 0.306. The highest BCUT2D eigenvalue weighted by Gasteiger charge is 2.09. The molecule has 0 radical (unpaired) electrons. The Hall–Kier alpha value is -3.19. The summed E-state index contributed by atoms with van der Waals surface area (Å²) in [6.07, 6.45) is 1.79. The van der Waals surface area contributed by atoms with Crippen molar-refractivity contribution in [3.63, 3.8) is 0 Å². The van der Waals surface area contributed by atoms with E-state index < -0.39 is 0 Å². The van der Waals surface area contributed by atoms with Crippen LogP contribution >= 0.6 is 38.9 Å². The van der Waals surface area contributed by atoms with E-state index in [1.54, 1.807) is 6.21 Å². The summed E-state index contributed by atoms with van der Waals surface area (Å²) >= 11 is 11.0. The number of nitrogens with zero attached hydrogens (tertiary/aromatic N) is 2. The van der Waals surface area contributed by atoms with Crippen molar-refractivity contribution in [2.75, 3.05) is 5.43 Å². The van der Waals surface area contributed by atoms with Gasteiger partial charge < -0.3 is 4.74 Å². The number of hydrogen-bond acceptors (Lipinski definition) is 5. The Morgan fingerprint density at radius 3 is 2.59 bits per heavy atom. The molecular formula is C27H19BrClN3OS. The fraction of sp³-hybridized carbons (Fsp3) is 0.0370. The number of nitrogens with one attached hydrogen (secondary N) is 1. The molecule has 0 saturated heterocycles. The SMILES string of the molecule is Clc1ccc(COc2ccc3ccccc3c2/C=N\Nc2nc(-c3ccc(Br)cc3)cs2)cc1. The van der Waals surface area contributed by atoms with Crippen LogP contribution in [0.1, 0.15) is 11.1 Å². The molecule has 0 spiro atoms. The molecule has 0 saturated carbocycles. The number of halogens is 2. The molecule has 168 valence electrons. The van der Waals surface area contributed by atoms with Gasteiger partial charge in [0, 0.05) is 26.0 Å². The van der Waals surface area contributed by atoms with E-state index in [0.29, 0.717) is 11.6 Å². The Balaban J connectivity index is 1.37. The van der Waals surface area contributed by atoms with E-state index in [9.17, 15) is 0 Å². The second-order valence-corrected chi connectivity index (χ2v) is 9.74. The summed E-state index contributed by atoms with van der Waals surface area (Å²) in [5, 5.41) is 10.1. The number of ether oxygens (including phenoxy) is 1. The summed E-state index contributed by atoms with van der Waals surface area (Å²) in [6, 6.07) is 28.0. The number of rotatable bonds is 7. The molecule has 34 heavy (non-hydrogen) atoms. The van der Waals surface area contributed by atoms with Crippen molar-refractivity contribution in [2.45, 2.75) is 6.61 Å². The third-order valence-electron chi connectivity index (χ3n) is 5.24. The zero-order valence-corrected chi connectivity index (χ0v) is 21.1. The minimum atomic E-state index is 0.437. The predicted molar refractivity (Wildman–Crippen MR) is 146 cm³/mol. The van der Waals surface area contributed by atoms with Crippen LogP contribution in [0.3, 0.4) is 0 Å². The molecule has 0 atom stereocenters. The molecule has 1 aromatic heterocycles. The van der Waals surface area contributed by atoms with Gasteiger partial charge in [0.2, 0.25) is 5.13 Å². The van der Waals surface area contributed by atoms with Gasteiger partial charge in [0.1, 0.15) is 12.4 Å². The number of aromatic nitrogens is 1. The molecule has 4 nitrogen and oxygen atoms in total. The molecular weight excluding hydrogens is 530 g/mol. The van der Waals surface area contributed by atoms with Crippen LogP contribution in [-0.4, -0.2) is 11.2 Å². The number of hydrazone groups is 1. The van der Waals surface area contributed by atoms with Crippen molar-refractivity contribution in [3.05, 3.63) is 111 Å². The number of hydrogen-bond donors (Lipinski definition) is 1. The smallest absolute Gasteiger partial charge is 0.203 e. The zero-order chi connectivity index (χ0) is 23.3. The van der Waals surface area contributed by atoms with E-state index in [4.69, 9.17) is 16.3 Å². The highest BCUT2D eigenvalue weighted by atomic mass is 79.9. The Morgan fingerprint density at radius 2 is 1.76 bits per heavy atom. The number of thiazole rings is 1. The number of anilines is 1. The third kappa shape index (κ3) is 5.30. The lowest BCUT2D eigenvalue weighted by Crippen LogP contribution is -2.00. The lowest BCUT2D eigenvalue weighted by Gasteiger charge is -2.12. The van der Waals surface area contributed by atoms with Gasteiger partial charge in [-0.2, -0.15) is 5.10 Å². The standard InChI is InChI=1S/C27H19BrClN3OS/c28-21-10-7-20(8-11-21)25-17-34-27(31-25)32-30-15-24-23-4-2-1-3-19(23)9-14-26(24)33-16-18-5-12-22(29)13-6-18/h1-15,17H,16H2,(H,31,32)/b30-15-. The van der Waals surface area contributed by atoms with Gasteiger partial charge in [-0.05, 0) is 46.7 Å². The van der Waals surface area contributed by atoms with Crippen molar-refractivity contribution >= 4 is 61.0 Å². The average Bonchev–Trinajstić information content (AvgIpc) is 3.33. The molecule has 0 unspecified atom stereocenters. The van der Waals surface area contributed by atoms with Crippen LogP contribution in [0.25, 0.3) is 22.0 Å². The number of fused-ring (bicyclic) bond motifs is 1. The lowest BCUT2D eigenvalue weighted by atomic mass is 10.0. The summed E-state index contributed by atoms with van der Waals surface area (Å²) < 4.78 is 7.21. The van der Waals surface area contributed by atoms with Crippen molar-refractivity contribution < 1.29 is 4.74 Å².